The second kappa shape index (κ2) is 3.94. The van der Waals surface area contributed by atoms with Crippen molar-refractivity contribution in [3.05, 3.63) is 42.5 Å². The molecule has 0 saturated heterocycles. The van der Waals surface area contributed by atoms with Gasteiger partial charge in [-0.3, -0.25) is 0 Å². The van der Waals surface area contributed by atoms with Crippen LogP contribution in [0.25, 0.3) is 10.8 Å². The summed E-state index contributed by atoms with van der Waals surface area (Å²) in [4.78, 5) is 0. The van der Waals surface area contributed by atoms with Crippen LogP contribution in [0.3, 0.4) is 0 Å². The molecule has 0 saturated carbocycles. The number of phenolic OH excluding ortho intramolecular Hbond substituents is 1. The molecule has 0 fully saturated rings. The second-order valence-electron chi connectivity index (χ2n) is 2.53. The van der Waals surface area contributed by atoms with E-state index >= 15 is 0 Å². The average molecular weight is 167 g/mol. The molecule has 1 N–H and O–H groups in total. The molecule has 0 atom stereocenters. The first kappa shape index (κ1) is 9.59. The predicted molar refractivity (Wildman–Crippen MR) is 51.4 cm³/mol. The van der Waals surface area contributed by atoms with Gasteiger partial charge in [0.1, 0.15) is 5.75 Å². The molecular formula is C10H8NaO. The minimum atomic E-state index is 0. The zero-order valence-corrected chi connectivity index (χ0v) is 8.99. The molecule has 0 heterocycles. The van der Waals surface area contributed by atoms with E-state index in [1.165, 1.54) is 0 Å². The van der Waals surface area contributed by atoms with Crippen LogP contribution in [0.4, 0.5) is 0 Å². The van der Waals surface area contributed by atoms with E-state index in [2.05, 4.69) is 0 Å². The van der Waals surface area contributed by atoms with Crippen LogP contribution >= 0.6 is 0 Å². The fourth-order valence-electron chi connectivity index (χ4n) is 1.18. The number of hydrogen-bond donors (Lipinski definition) is 1. The second-order valence-corrected chi connectivity index (χ2v) is 2.53. The normalized spacial score (nSPS) is 9.33. The number of fused-ring (bicyclic) bond motifs is 1. The summed E-state index contributed by atoms with van der Waals surface area (Å²) in [6.07, 6.45) is 0. The summed E-state index contributed by atoms with van der Waals surface area (Å²) in [5.41, 5.74) is 0. The fourth-order valence-corrected chi connectivity index (χ4v) is 1.18. The van der Waals surface area contributed by atoms with Gasteiger partial charge in [-0.15, -0.1) is 0 Å². The van der Waals surface area contributed by atoms with Crippen molar-refractivity contribution in [3.8, 4) is 5.75 Å². The smallest absolute Gasteiger partial charge is 0.116 e. The van der Waals surface area contributed by atoms with E-state index in [0.717, 1.165) is 10.8 Å². The van der Waals surface area contributed by atoms with E-state index in [1.54, 1.807) is 12.1 Å². The molecule has 0 unspecified atom stereocenters. The van der Waals surface area contributed by atoms with Crippen LogP contribution in [0.15, 0.2) is 42.5 Å². The molecule has 1 nitrogen and oxygen atoms in total. The van der Waals surface area contributed by atoms with Crippen LogP contribution in [0, 0.1) is 0 Å². The van der Waals surface area contributed by atoms with Crippen molar-refractivity contribution in [1.29, 1.82) is 0 Å². The molecule has 0 spiro atoms. The van der Waals surface area contributed by atoms with E-state index in [-0.39, 0.29) is 29.6 Å². The van der Waals surface area contributed by atoms with Gasteiger partial charge in [0.05, 0.1) is 0 Å². The SMILES string of the molecule is Oc1ccc2ccccc2c1.[Na]. The number of rotatable bonds is 0. The molecule has 0 amide bonds. The fraction of sp³-hybridized carbons (Fsp3) is 0. The maximum Gasteiger partial charge on any atom is 0.116 e. The van der Waals surface area contributed by atoms with Crippen molar-refractivity contribution in [2.24, 2.45) is 0 Å². The standard InChI is InChI=1S/C10H8O.Na/c11-10-6-5-8-3-1-2-4-9(8)7-10;/h1-7,11H;. The predicted octanol–water partition coefficient (Wildman–Crippen LogP) is 2.16. The molecule has 0 bridgehead atoms. The van der Waals surface area contributed by atoms with Crippen molar-refractivity contribution in [3.63, 3.8) is 0 Å². The van der Waals surface area contributed by atoms with Gasteiger partial charge in [-0.2, -0.15) is 0 Å². The summed E-state index contributed by atoms with van der Waals surface area (Å²) < 4.78 is 0. The summed E-state index contributed by atoms with van der Waals surface area (Å²) in [5.74, 6) is 0.323. The van der Waals surface area contributed by atoms with E-state index in [9.17, 15) is 0 Å². The Morgan fingerprint density at radius 3 is 2.25 bits per heavy atom. The van der Waals surface area contributed by atoms with Gasteiger partial charge in [-0.1, -0.05) is 30.3 Å². The first-order valence-corrected chi connectivity index (χ1v) is 3.54. The molecule has 0 aliphatic carbocycles. The van der Waals surface area contributed by atoms with Crippen LogP contribution in [0.1, 0.15) is 0 Å². The summed E-state index contributed by atoms with van der Waals surface area (Å²) in [6, 6.07) is 13.3. The molecule has 0 aliphatic heterocycles. The van der Waals surface area contributed by atoms with Crippen molar-refractivity contribution in [2.45, 2.75) is 0 Å². The van der Waals surface area contributed by atoms with Gasteiger partial charge in [0, 0.05) is 29.6 Å². The van der Waals surface area contributed by atoms with Gasteiger partial charge in [0.25, 0.3) is 0 Å². The summed E-state index contributed by atoms with van der Waals surface area (Å²) in [5, 5.41) is 11.4. The zero-order valence-electron chi connectivity index (χ0n) is 6.99. The topological polar surface area (TPSA) is 20.2 Å². The quantitative estimate of drug-likeness (QED) is 0.596. The first-order valence-electron chi connectivity index (χ1n) is 3.54. The van der Waals surface area contributed by atoms with Gasteiger partial charge in [0.15, 0.2) is 0 Å². The molecule has 55 valence electrons. The van der Waals surface area contributed by atoms with E-state index in [1.807, 2.05) is 30.3 Å². The molecule has 12 heavy (non-hydrogen) atoms. The minimum absolute atomic E-state index is 0. The number of aromatic hydroxyl groups is 1. The molecule has 1 radical (unpaired) electrons. The van der Waals surface area contributed by atoms with Crippen molar-refractivity contribution >= 4 is 40.3 Å². The van der Waals surface area contributed by atoms with Gasteiger partial charge in [-0.25, -0.2) is 0 Å². The van der Waals surface area contributed by atoms with Crippen LogP contribution in [-0.4, -0.2) is 34.7 Å². The third kappa shape index (κ3) is 1.81. The maximum atomic E-state index is 9.13. The third-order valence-electron chi connectivity index (χ3n) is 1.73. The van der Waals surface area contributed by atoms with E-state index in [0.29, 0.717) is 5.75 Å². The third-order valence-corrected chi connectivity index (χ3v) is 1.73. The molecule has 0 aliphatic rings. The molecule has 2 heteroatoms. The molecule has 0 aromatic heterocycles. The Bertz CT molecular complexity index is 384. The Balaban J connectivity index is 0.000000720. The van der Waals surface area contributed by atoms with E-state index < -0.39 is 0 Å². The molecular weight excluding hydrogens is 159 g/mol. The van der Waals surface area contributed by atoms with Gasteiger partial charge in [0.2, 0.25) is 0 Å². The summed E-state index contributed by atoms with van der Waals surface area (Å²) >= 11 is 0. The molecule has 2 rings (SSSR count). The van der Waals surface area contributed by atoms with Crippen molar-refractivity contribution < 1.29 is 5.11 Å². The number of benzene rings is 2. The Labute approximate surface area is 93.3 Å². The van der Waals surface area contributed by atoms with Crippen molar-refractivity contribution in [1.82, 2.24) is 0 Å². The average Bonchev–Trinajstić information content (AvgIpc) is 2.04. The minimum Gasteiger partial charge on any atom is -0.508 e. The van der Waals surface area contributed by atoms with Crippen LogP contribution in [-0.2, 0) is 0 Å². The zero-order chi connectivity index (χ0) is 7.68. The Morgan fingerprint density at radius 1 is 0.833 bits per heavy atom. The van der Waals surface area contributed by atoms with Gasteiger partial charge >= 0.3 is 0 Å². The van der Waals surface area contributed by atoms with Crippen molar-refractivity contribution in [2.75, 3.05) is 0 Å². The van der Waals surface area contributed by atoms with Gasteiger partial charge < -0.3 is 5.11 Å². The monoisotopic (exact) mass is 167 g/mol. The number of phenols is 1. The Morgan fingerprint density at radius 2 is 1.50 bits per heavy atom. The Kier molecular flexibility index (Phi) is 3.15. The first-order chi connectivity index (χ1) is 5.36. The molecule has 2 aromatic rings. The van der Waals surface area contributed by atoms with Crippen LogP contribution in [0.2, 0.25) is 0 Å². The van der Waals surface area contributed by atoms with Gasteiger partial charge in [-0.05, 0) is 22.9 Å². The van der Waals surface area contributed by atoms with Crippen LogP contribution in [0.5, 0.6) is 5.75 Å². The summed E-state index contributed by atoms with van der Waals surface area (Å²) in [6.45, 7) is 0. The summed E-state index contributed by atoms with van der Waals surface area (Å²) in [7, 11) is 0. The molecule has 2 aromatic carbocycles. The largest absolute Gasteiger partial charge is 0.508 e. The van der Waals surface area contributed by atoms with E-state index in [4.69, 9.17) is 5.11 Å². The maximum absolute atomic E-state index is 9.13. The van der Waals surface area contributed by atoms with Crippen LogP contribution < -0.4 is 0 Å². The Hall–Kier alpha value is -0.500. The number of hydrogen-bond acceptors (Lipinski definition) is 1.